The van der Waals surface area contributed by atoms with Gasteiger partial charge in [0.25, 0.3) is 0 Å². The maximum atomic E-state index is 12.7. The van der Waals surface area contributed by atoms with E-state index in [0.717, 1.165) is 16.8 Å². The van der Waals surface area contributed by atoms with Crippen molar-refractivity contribution in [2.45, 2.75) is 39.3 Å². The first-order valence-electron chi connectivity index (χ1n) is 9.99. The Bertz CT molecular complexity index is 812. The van der Waals surface area contributed by atoms with Gasteiger partial charge in [-0.2, -0.15) is 0 Å². The van der Waals surface area contributed by atoms with Gasteiger partial charge in [-0.25, -0.2) is 0 Å². The van der Waals surface area contributed by atoms with Crippen LogP contribution in [-0.2, 0) is 17.8 Å². The van der Waals surface area contributed by atoms with Crippen LogP contribution in [0.2, 0.25) is 0 Å². The van der Waals surface area contributed by atoms with E-state index < -0.39 is 6.10 Å². The molecule has 4 nitrogen and oxygen atoms in total. The number of anilines is 1. The van der Waals surface area contributed by atoms with Gasteiger partial charge in [-0.1, -0.05) is 60.2 Å². The number of amides is 1. The molecule has 1 aliphatic rings. The van der Waals surface area contributed by atoms with Crippen LogP contribution in [0.1, 0.15) is 31.4 Å². The number of aliphatic hydroxyl groups excluding tert-OH is 1. The van der Waals surface area contributed by atoms with Gasteiger partial charge in [0.1, 0.15) is 0 Å². The van der Waals surface area contributed by atoms with Crippen molar-refractivity contribution in [2.75, 3.05) is 24.5 Å². The Morgan fingerprint density at radius 3 is 2.54 bits per heavy atom. The smallest absolute Gasteiger partial charge is 0.224 e. The number of benzene rings is 2. The van der Waals surface area contributed by atoms with Crippen LogP contribution in [0.4, 0.5) is 5.69 Å². The topological polar surface area (TPSA) is 43.8 Å². The molecule has 0 aromatic heterocycles. The van der Waals surface area contributed by atoms with Gasteiger partial charge in [0.2, 0.25) is 5.91 Å². The molecule has 2 aromatic rings. The molecule has 0 spiro atoms. The van der Waals surface area contributed by atoms with Crippen LogP contribution in [0.5, 0.6) is 0 Å². The average molecular weight is 379 g/mol. The molecule has 1 N–H and O–H groups in total. The number of hydrogen-bond acceptors (Lipinski definition) is 3. The van der Waals surface area contributed by atoms with E-state index in [2.05, 4.69) is 37.0 Å². The lowest BCUT2D eigenvalue weighted by Crippen LogP contribution is -2.41. The van der Waals surface area contributed by atoms with Crippen LogP contribution in [-0.4, -0.2) is 41.7 Å². The fourth-order valence-corrected chi connectivity index (χ4v) is 3.61. The minimum absolute atomic E-state index is 0.162. The highest BCUT2D eigenvalue weighted by molar-refractivity contribution is 5.78. The number of allylic oxidation sites excluding steroid dienone is 1. The summed E-state index contributed by atoms with van der Waals surface area (Å²) in [5, 5.41) is 10.7. The first kappa shape index (κ1) is 20.2. The van der Waals surface area contributed by atoms with Gasteiger partial charge in [-0.05, 0) is 31.0 Å². The lowest BCUT2D eigenvalue weighted by molar-refractivity contribution is -0.131. The van der Waals surface area contributed by atoms with E-state index in [9.17, 15) is 9.90 Å². The molecule has 0 fully saturated rings. The molecule has 1 heterocycles. The Balaban J connectivity index is 1.76. The largest absolute Gasteiger partial charge is 0.391 e. The fraction of sp³-hybridized carbons (Fsp3) is 0.375. The minimum atomic E-state index is -0.480. The molecule has 0 saturated carbocycles. The van der Waals surface area contributed by atoms with Crippen molar-refractivity contribution in [3.63, 3.8) is 0 Å². The molecule has 0 saturated heterocycles. The van der Waals surface area contributed by atoms with E-state index in [0.29, 0.717) is 39.0 Å². The molecule has 0 bridgehead atoms. The molecule has 1 unspecified atom stereocenters. The Morgan fingerprint density at radius 1 is 1.07 bits per heavy atom. The van der Waals surface area contributed by atoms with Crippen molar-refractivity contribution < 1.29 is 9.90 Å². The van der Waals surface area contributed by atoms with Gasteiger partial charge < -0.3 is 14.9 Å². The van der Waals surface area contributed by atoms with Crippen LogP contribution in [0.3, 0.4) is 0 Å². The van der Waals surface area contributed by atoms with Gasteiger partial charge in [0, 0.05) is 44.7 Å². The molecular formula is C24H30N2O2. The number of nitrogens with zero attached hydrogens (tertiary/aromatic N) is 2. The van der Waals surface area contributed by atoms with Crippen molar-refractivity contribution in [1.82, 2.24) is 4.90 Å². The lowest BCUT2D eigenvalue weighted by atomic mass is 10.0. The quantitative estimate of drug-likeness (QED) is 0.778. The monoisotopic (exact) mass is 378 g/mol. The zero-order valence-corrected chi connectivity index (χ0v) is 16.8. The van der Waals surface area contributed by atoms with Gasteiger partial charge in [0.15, 0.2) is 0 Å². The summed E-state index contributed by atoms with van der Waals surface area (Å²) in [6.07, 6.45) is 2.69. The molecule has 4 heteroatoms. The zero-order valence-electron chi connectivity index (χ0n) is 16.8. The van der Waals surface area contributed by atoms with E-state index in [-0.39, 0.29) is 5.91 Å². The molecule has 148 valence electrons. The lowest BCUT2D eigenvalue weighted by Gasteiger charge is -2.34. The van der Waals surface area contributed by atoms with Crippen LogP contribution < -0.4 is 4.90 Å². The molecule has 3 rings (SSSR count). The normalized spacial score (nSPS) is 15.5. The Hall–Kier alpha value is -2.59. The molecule has 1 amide bonds. The number of carbonyl (C=O) groups is 1. The molecule has 1 atom stereocenters. The number of para-hydroxylation sites is 1. The van der Waals surface area contributed by atoms with E-state index in [1.165, 1.54) is 5.57 Å². The van der Waals surface area contributed by atoms with Crippen molar-refractivity contribution in [3.8, 4) is 0 Å². The molecule has 1 aliphatic heterocycles. The van der Waals surface area contributed by atoms with Crippen LogP contribution in [0.25, 0.3) is 0 Å². The summed E-state index contributed by atoms with van der Waals surface area (Å²) in [4.78, 5) is 16.8. The van der Waals surface area contributed by atoms with Crippen LogP contribution >= 0.6 is 0 Å². The average Bonchev–Trinajstić information content (AvgIpc) is 2.68. The fourth-order valence-electron chi connectivity index (χ4n) is 3.61. The summed E-state index contributed by atoms with van der Waals surface area (Å²) in [6.45, 7) is 6.49. The number of aliphatic hydroxyl groups is 1. The molecular weight excluding hydrogens is 348 g/mol. The third kappa shape index (κ3) is 5.46. The van der Waals surface area contributed by atoms with E-state index in [4.69, 9.17) is 0 Å². The second kappa shape index (κ2) is 9.56. The molecule has 28 heavy (non-hydrogen) atoms. The summed E-state index contributed by atoms with van der Waals surface area (Å²) in [7, 11) is 0. The Labute approximate surface area is 168 Å². The maximum absolute atomic E-state index is 12.7. The van der Waals surface area contributed by atoms with Crippen molar-refractivity contribution in [2.24, 2.45) is 0 Å². The highest BCUT2D eigenvalue weighted by atomic mass is 16.3. The summed E-state index contributed by atoms with van der Waals surface area (Å²) in [6, 6.07) is 18.3. The minimum Gasteiger partial charge on any atom is -0.391 e. The first-order chi connectivity index (χ1) is 13.5. The predicted molar refractivity (Wildman–Crippen MR) is 114 cm³/mol. The predicted octanol–water partition coefficient (Wildman–Crippen LogP) is 3.80. The third-order valence-electron chi connectivity index (χ3n) is 5.11. The van der Waals surface area contributed by atoms with Crippen molar-refractivity contribution >= 4 is 11.6 Å². The van der Waals surface area contributed by atoms with E-state index in [1.54, 1.807) is 0 Å². The van der Waals surface area contributed by atoms with Gasteiger partial charge in [-0.3, -0.25) is 4.79 Å². The Kier molecular flexibility index (Phi) is 6.88. The number of hydrogen-bond donors (Lipinski definition) is 1. The van der Waals surface area contributed by atoms with Crippen LogP contribution in [0, 0.1) is 0 Å². The Morgan fingerprint density at radius 2 is 1.79 bits per heavy atom. The summed E-state index contributed by atoms with van der Waals surface area (Å²) >= 11 is 0. The summed E-state index contributed by atoms with van der Waals surface area (Å²) in [5.74, 6) is 0.162. The SMILES string of the molecule is CC(C)=CCN1Cc2ccccc2N(CC(O)Cc2ccccc2)CCC1=O. The molecule has 2 aromatic carbocycles. The summed E-state index contributed by atoms with van der Waals surface area (Å²) in [5.41, 5.74) is 4.59. The van der Waals surface area contributed by atoms with Crippen LogP contribution in [0.15, 0.2) is 66.2 Å². The molecule has 0 radical (unpaired) electrons. The van der Waals surface area contributed by atoms with Gasteiger partial charge in [-0.15, -0.1) is 0 Å². The zero-order chi connectivity index (χ0) is 19.9. The highest BCUT2D eigenvalue weighted by Gasteiger charge is 2.23. The second-order valence-corrected chi connectivity index (χ2v) is 7.72. The van der Waals surface area contributed by atoms with Crippen molar-refractivity contribution in [1.29, 1.82) is 0 Å². The first-order valence-corrected chi connectivity index (χ1v) is 9.99. The number of rotatable bonds is 6. The van der Waals surface area contributed by atoms with Gasteiger partial charge >= 0.3 is 0 Å². The standard InChI is InChI=1S/C24H30N2O2/c1-19(2)12-14-26-17-21-10-6-7-11-23(21)25(15-13-24(26)28)18-22(27)16-20-8-4-3-5-9-20/h3-12,22,27H,13-18H2,1-2H3. The van der Waals surface area contributed by atoms with E-state index >= 15 is 0 Å². The van der Waals surface area contributed by atoms with E-state index in [1.807, 2.05) is 47.4 Å². The third-order valence-corrected chi connectivity index (χ3v) is 5.11. The number of fused-ring (bicyclic) bond motifs is 1. The molecule has 0 aliphatic carbocycles. The summed E-state index contributed by atoms with van der Waals surface area (Å²) < 4.78 is 0. The highest BCUT2D eigenvalue weighted by Crippen LogP contribution is 2.25. The second-order valence-electron chi connectivity index (χ2n) is 7.72. The van der Waals surface area contributed by atoms with Gasteiger partial charge in [0.05, 0.1) is 6.10 Å². The maximum Gasteiger partial charge on any atom is 0.224 e. The number of carbonyl (C=O) groups excluding carboxylic acids is 1. The van der Waals surface area contributed by atoms with Crippen molar-refractivity contribution in [3.05, 3.63) is 77.4 Å². The number of β-amino-alcohol motifs (C(OH)–C–C–N with tert-alkyl or cyclic N) is 1.